The average molecular weight is 310 g/mol. The molecule has 1 aromatic rings. The van der Waals surface area contributed by atoms with Crippen LogP contribution >= 0.6 is 11.8 Å². The van der Waals surface area contributed by atoms with Gasteiger partial charge in [-0.15, -0.1) is 0 Å². The number of amides is 2. The summed E-state index contributed by atoms with van der Waals surface area (Å²) in [5.41, 5.74) is 5.27. The Kier molecular flexibility index (Phi) is 8.27. The molecule has 1 rings (SSSR count). The van der Waals surface area contributed by atoms with Gasteiger partial charge in [0.25, 0.3) is 0 Å². The van der Waals surface area contributed by atoms with Crippen LogP contribution in [0.15, 0.2) is 24.4 Å². The van der Waals surface area contributed by atoms with Gasteiger partial charge in [-0.25, -0.2) is 4.98 Å². The van der Waals surface area contributed by atoms with Crippen LogP contribution in [0.5, 0.6) is 0 Å². The number of anilines is 1. The predicted octanol–water partition coefficient (Wildman–Crippen LogP) is 0.997. The normalized spacial score (nSPS) is 11.7. The third-order valence-corrected chi connectivity index (χ3v) is 3.48. The van der Waals surface area contributed by atoms with Crippen LogP contribution < -0.4 is 16.4 Å². The van der Waals surface area contributed by atoms with Gasteiger partial charge in [-0.2, -0.15) is 11.8 Å². The summed E-state index contributed by atoms with van der Waals surface area (Å²) in [4.78, 5) is 27.1. The van der Waals surface area contributed by atoms with E-state index in [0.717, 1.165) is 11.6 Å². The highest BCUT2D eigenvalue weighted by atomic mass is 32.2. The zero-order chi connectivity index (χ0) is 15.5. The molecule has 6 nitrogen and oxygen atoms in total. The highest BCUT2D eigenvalue weighted by Gasteiger charge is 2.16. The lowest BCUT2D eigenvalue weighted by molar-refractivity contribution is -0.127. The predicted molar refractivity (Wildman–Crippen MR) is 86.1 cm³/mol. The first kappa shape index (κ1) is 17.3. The van der Waals surface area contributed by atoms with Crippen molar-refractivity contribution in [3.63, 3.8) is 0 Å². The Labute approximate surface area is 129 Å². The van der Waals surface area contributed by atoms with Crippen molar-refractivity contribution in [3.8, 4) is 0 Å². The second-order valence-corrected chi connectivity index (χ2v) is 5.53. The number of nitrogens with one attached hydrogen (secondary N) is 2. The summed E-state index contributed by atoms with van der Waals surface area (Å²) in [6.45, 7) is 0.649. The molecular weight excluding hydrogens is 288 g/mol. The first-order valence-corrected chi connectivity index (χ1v) is 8.25. The van der Waals surface area contributed by atoms with E-state index in [1.807, 2.05) is 24.5 Å². The van der Waals surface area contributed by atoms with E-state index in [2.05, 4.69) is 15.6 Å². The number of aromatic nitrogens is 1. The van der Waals surface area contributed by atoms with Crippen molar-refractivity contribution < 1.29 is 9.59 Å². The molecule has 1 heterocycles. The molecule has 0 saturated heterocycles. The Morgan fingerprint density at radius 2 is 2.24 bits per heavy atom. The van der Waals surface area contributed by atoms with Crippen LogP contribution in [0.4, 0.5) is 5.82 Å². The molecule has 0 aliphatic rings. The van der Waals surface area contributed by atoms with Gasteiger partial charge in [0, 0.05) is 19.2 Å². The number of hydrogen-bond donors (Lipinski definition) is 3. The minimum Gasteiger partial charge on any atom is -0.370 e. The summed E-state index contributed by atoms with van der Waals surface area (Å²) in [6, 6.07) is 5.03. The molecule has 0 unspecified atom stereocenters. The summed E-state index contributed by atoms with van der Waals surface area (Å²) < 4.78 is 0. The molecule has 7 heteroatoms. The zero-order valence-electron chi connectivity index (χ0n) is 12.2. The fraction of sp³-hybridized carbons (Fsp3) is 0.500. The monoisotopic (exact) mass is 310 g/mol. The zero-order valence-corrected chi connectivity index (χ0v) is 13.0. The topological polar surface area (TPSA) is 97.1 Å². The SMILES string of the molecule is CSCC[C@@H](NC(=O)CCCNc1ccccn1)C(N)=O. The standard InChI is InChI=1S/C14H22N4O2S/c1-21-10-7-11(14(15)20)18-13(19)6-4-9-17-12-5-2-3-8-16-12/h2-3,5,8,11H,4,6-7,9-10H2,1H3,(H2,15,20)(H,16,17)(H,18,19)/t11-/m1/s1. The summed E-state index contributed by atoms with van der Waals surface area (Å²) in [6.07, 6.45) is 5.23. The van der Waals surface area contributed by atoms with E-state index in [4.69, 9.17) is 5.73 Å². The fourth-order valence-electron chi connectivity index (χ4n) is 1.72. The number of nitrogens with zero attached hydrogens (tertiary/aromatic N) is 1. The molecule has 0 radical (unpaired) electrons. The molecule has 0 spiro atoms. The van der Waals surface area contributed by atoms with E-state index in [-0.39, 0.29) is 5.91 Å². The van der Waals surface area contributed by atoms with E-state index < -0.39 is 11.9 Å². The van der Waals surface area contributed by atoms with Crippen molar-refractivity contribution >= 4 is 29.4 Å². The summed E-state index contributed by atoms with van der Waals surface area (Å²) in [5.74, 6) is 0.939. The van der Waals surface area contributed by atoms with Gasteiger partial charge in [0.1, 0.15) is 11.9 Å². The van der Waals surface area contributed by atoms with Crippen LogP contribution in [-0.4, -0.2) is 41.4 Å². The van der Waals surface area contributed by atoms with E-state index in [1.165, 1.54) is 0 Å². The lowest BCUT2D eigenvalue weighted by Crippen LogP contribution is -2.44. The number of pyridine rings is 1. The highest BCUT2D eigenvalue weighted by molar-refractivity contribution is 7.98. The Morgan fingerprint density at radius 1 is 1.43 bits per heavy atom. The van der Waals surface area contributed by atoms with Gasteiger partial charge < -0.3 is 16.4 Å². The maximum absolute atomic E-state index is 11.8. The van der Waals surface area contributed by atoms with Crippen LogP contribution in [0.1, 0.15) is 19.3 Å². The Morgan fingerprint density at radius 3 is 2.86 bits per heavy atom. The quantitative estimate of drug-likeness (QED) is 0.560. The van der Waals surface area contributed by atoms with Gasteiger partial charge in [0.2, 0.25) is 11.8 Å². The van der Waals surface area contributed by atoms with Crippen molar-refractivity contribution in [3.05, 3.63) is 24.4 Å². The molecule has 116 valence electrons. The molecule has 1 atom stereocenters. The van der Waals surface area contributed by atoms with Gasteiger partial charge >= 0.3 is 0 Å². The molecule has 0 saturated carbocycles. The number of primary amides is 1. The molecule has 21 heavy (non-hydrogen) atoms. The molecular formula is C14H22N4O2S. The molecule has 0 aliphatic carbocycles. The van der Waals surface area contributed by atoms with Gasteiger partial charge in [0.05, 0.1) is 0 Å². The molecule has 0 aliphatic heterocycles. The number of thioether (sulfide) groups is 1. The number of rotatable bonds is 10. The largest absolute Gasteiger partial charge is 0.370 e. The second-order valence-electron chi connectivity index (χ2n) is 4.55. The number of nitrogens with two attached hydrogens (primary N) is 1. The minimum atomic E-state index is -0.575. The summed E-state index contributed by atoms with van der Waals surface area (Å²) in [7, 11) is 0. The van der Waals surface area contributed by atoms with Crippen molar-refractivity contribution in [1.29, 1.82) is 0 Å². The lowest BCUT2D eigenvalue weighted by Gasteiger charge is -2.14. The maximum Gasteiger partial charge on any atom is 0.240 e. The summed E-state index contributed by atoms with van der Waals surface area (Å²) >= 11 is 1.62. The van der Waals surface area contributed by atoms with Crippen molar-refractivity contribution in [2.24, 2.45) is 5.73 Å². The van der Waals surface area contributed by atoms with E-state index in [9.17, 15) is 9.59 Å². The second kappa shape index (κ2) is 10.0. The first-order valence-electron chi connectivity index (χ1n) is 6.86. The smallest absolute Gasteiger partial charge is 0.240 e. The van der Waals surface area contributed by atoms with Crippen LogP contribution in [0, 0.1) is 0 Å². The van der Waals surface area contributed by atoms with Crippen molar-refractivity contribution in [1.82, 2.24) is 10.3 Å². The highest BCUT2D eigenvalue weighted by Crippen LogP contribution is 2.03. The summed E-state index contributed by atoms with van der Waals surface area (Å²) in [5, 5.41) is 5.80. The molecule has 2 amide bonds. The lowest BCUT2D eigenvalue weighted by atomic mass is 10.2. The molecule has 0 fully saturated rings. The van der Waals surface area contributed by atoms with E-state index in [0.29, 0.717) is 25.8 Å². The van der Waals surface area contributed by atoms with Crippen LogP contribution in [0.25, 0.3) is 0 Å². The van der Waals surface area contributed by atoms with Gasteiger partial charge in [-0.05, 0) is 37.0 Å². The van der Waals surface area contributed by atoms with Crippen molar-refractivity contribution in [2.75, 3.05) is 23.9 Å². The van der Waals surface area contributed by atoms with Gasteiger partial charge in [-0.1, -0.05) is 6.07 Å². The maximum atomic E-state index is 11.8. The Balaban J connectivity index is 2.21. The average Bonchev–Trinajstić information content (AvgIpc) is 2.48. The number of carbonyl (C=O) groups is 2. The van der Waals surface area contributed by atoms with Gasteiger partial charge in [0.15, 0.2) is 0 Å². The first-order chi connectivity index (χ1) is 10.1. The van der Waals surface area contributed by atoms with Crippen LogP contribution in [0.2, 0.25) is 0 Å². The number of carbonyl (C=O) groups excluding carboxylic acids is 2. The third-order valence-electron chi connectivity index (χ3n) is 2.84. The molecule has 4 N–H and O–H groups in total. The fourth-order valence-corrected chi connectivity index (χ4v) is 2.19. The Bertz CT molecular complexity index is 442. The van der Waals surface area contributed by atoms with Crippen LogP contribution in [0.3, 0.4) is 0 Å². The Hall–Kier alpha value is -1.76. The molecule has 0 bridgehead atoms. The van der Waals surface area contributed by atoms with Crippen LogP contribution in [-0.2, 0) is 9.59 Å². The molecule has 1 aromatic heterocycles. The van der Waals surface area contributed by atoms with Gasteiger partial charge in [-0.3, -0.25) is 9.59 Å². The van der Waals surface area contributed by atoms with E-state index in [1.54, 1.807) is 18.0 Å². The minimum absolute atomic E-state index is 0.150. The molecule has 0 aromatic carbocycles. The third kappa shape index (κ3) is 7.55. The van der Waals surface area contributed by atoms with E-state index >= 15 is 0 Å². The number of hydrogen-bond acceptors (Lipinski definition) is 5. The van der Waals surface area contributed by atoms with Crippen molar-refractivity contribution in [2.45, 2.75) is 25.3 Å².